The molecule has 1 heterocycles. The Morgan fingerprint density at radius 1 is 1.40 bits per heavy atom. The minimum Gasteiger partial charge on any atom is -0.370 e. The van der Waals surface area contributed by atoms with Crippen LogP contribution in [0.4, 0.5) is 10.1 Å². The lowest BCUT2D eigenvalue weighted by Crippen LogP contribution is -2.32. The van der Waals surface area contributed by atoms with Gasteiger partial charge in [0, 0.05) is 30.9 Å². The van der Waals surface area contributed by atoms with Crippen molar-refractivity contribution in [2.75, 3.05) is 39.1 Å². The molecule has 0 amide bonds. The molecule has 1 aliphatic heterocycles. The van der Waals surface area contributed by atoms with Gasteiger partial charge in [0.2, 0.25) is 0 Å². The first-order valence-corrected chi connectivity index (χ1v) is 7.32. The molecule has 0 aromatic heterocycles. The Labute approximate surface area is 121 Å². The van der Waals surface area contributed by atoms with E-state index in [0.29, 0.717) is 6.04 Å². The van der Waals surface area contributed by atoms with Crippen molar-refractivity contribution < 1.29 is 4.39 Å². The zero-order valence-corrected chi connectivity index (χ0v) is 13.2. The van der Waals surface area contributed by atoms with Crippen molar-refractivity contribution in [1.29, 1.82) is 0 Å². The number of halogens is 1. The summed E-state index contributed by atoms with van der Waals surface area (Å²) >= 11 is 0. The Morgan fingerprint density at radius 2 is 2.10 bits per heavy atom. The second-order valence-corrected chi connectivity index (χ2v) is 6.02. The van der Waals surface area contributed by atoms with Crippen LogP contribution in [0.1, 0.15) is 30.5 Å². The fourth-order valence-corrected chi connectivity index (χ4v) is 2.84. The van der Waals surface area contributed by atoms with Gasteiger partial charge in [0.15, 0.2) is 0 Å². The van der Waals surface area contributed by atoms with Crippen LogP contribution in [-0.2, 0) is 0 Å². The third-order valence-corrected chi connectivity index (χ3v) is 4.44. The highest BCUT2D eigenvalue weighted by Crippen LogP contribution is 2.32. The molecule has 1 saturated heterocycles. The standard InChI is InChI=1S/C16H26FN3/c1-11-8-16(14(9-15(11)17)12(2)18-3)20-7-6-13(10-20)19(4)5/h8-9,12-13,18H,6-7,10H2,1-5H3. The Kier molecular flexibility index (Phi) is 4.66. The Hall–Kier alpha value is -1.13. The first-order valence-electron chi connectivity index (χ1n) is 7.32. The zero-order valence-electron chi connectivity index (χ0n) is 13.2. The molecule has 3 nitrogen and oxygen atoms in total. The van der Waals surface area contributed by atoms with Gasteiger partial charge in [0.05, 0.1) is 0 Å². The highest BCUT2D eigenvalue weighted by Gasteiger charge is 2.27. The van der Waals surface area contributed by atoms with E-state index >= 15 is 0 Å². The Bertz CT molecular complexity index is 473. The molecule has 0 spiro atoms. The maximum absolute atomic E-state index is 13.9. The number of nitrogens with one attached hydrogen (secondary N) is 1. The fraction of sp³-hybridized carbons (Fsp3) is 0.625. The van der Waals surface area contributed by atoms with Crippen LogP contribution >= 0.6 is 0 Å². The van der Waals surface area contributed by atoms with Crippen molar-refractivity contribution >= 4 is 5.69 Å². The molecule has 0 aliphatic carbocycles. The topological polar surface area (TPSA) is 18.5 Å². The van der Waals surface area contributed by atoms with Crippen molar-refractivity contribution in [2.45, 2.75) is 32.4 Å². The van der Waals surface area contributed by atoms with Crippen LogP contribution < -0.4 is 10.2 Å². The molecule has 1 aromatic rings. The average molecular weight is 279 g/mol. The van der Waals surface area contributed by atoms with Crippen molar-refractivity contribution in [3.63, 3.8) is 0 Å². The Morgan fingerprint density at radius 3 is 2.65 bits per heavy atom. The van der Waals surface area contributed by atoms with Crippen LogP contribution in [0.25, 0.3) is 0 Å². The van der Waals surface area contributed by atoms with Crippen molar-refractivity contribution in [3.8, 4) is 0 Å². The molecule has 0 bridgehead atoms. The van der Waals surface area contributed by atoms with Crippen LogP contribution in [0.15, 0.2) is 12.1 Å². The van der Waals surface area contributed by atoms with Gasteiger partial charge in [-0.25, -0.2) is 4.39 Å². The van der Waals surface area contributed by atoms with Crippen molar-refractivity contribution in [1.82, 2.24) is 10.2 Å². The van der Waals surface area contributed by atoms with Crippen LogP contribution in [0.2, 0.25) is 0 Å². The molecule has 0 radical (unpaired) electrons. The number of rotatable bonds is 4. The summed E-state index contributed by atoms with van der Waals surface area (Å²) in [6.45, 7) is 5.97. The van der Waals surface area contributed by atoms with Gasteiger partial charge in [-0.3, -0.25) is 0 Å². The number of nitrogens with zero attached hydrogens (tertiary/aromatic N) is 2. The highest BCUT2D eigenvalue weighted by molar-refractivity contribution is 5.58. The summed E-state index contributed by atoms with van der Waals surface area (Å²) in [4.78, 5) is 4.66. The van der Waals surface area contributed by atoms with E-state index in [9.17, 15) is 4.39 Å². The minimum absolute atomic E-state index is 0.116. The molecule has 112 valence electrons. The summed E-state index contributed by atoms with van der Waals surface area (Å²) in [6.07, 6.45) is 1.16. The van der Waals surface area contributed by atoms with E-state index in [1.807, 2.05) is 20.0 Å². The van der Waals surface area contributed by atoms with Gasteiger partial charge in [-0.2, -0.15) is 0 Å². The molecule has 1 aliphatic rings. The number of aryl methyl sites for hydroxylation is 1. The molecule has 20 heavy (non-hydrogen) atoms. The SMILES string of the molecule is CNC(C)c1cc(F)c(C)cc1N1CCC(N(C)C)C1. The van der Waals surface area contributed by atoms with E-state index in [4.69, 9.17) is 0 Å². The smallest absolute Gasteiger partial charge is 0.126 e. The van der Waals surface area contributed by atoms with Gasteiger partial charge in [0.1, 0.15) is 5.82 Å². The average Bonchev–Trinajstić information content (AvgIpc) is 2.90. The van der Waals surface area contributed by atoms with Gasteiger partial charge >= 0.3 is 0 Å². The molecule has 2 rings (SSSR count). The maximum atomic E-state index is 13.9. The van der Waals surface area contributed by atoms with Gasteiger partial charge in [-0.05, 0) is 64.7 Å². The molecule has 1 N–H and O–H groups in total. The molecule has 2 atom stereocenters. The molecular formula is C16H26FN3. The van der Waals surface area contributed by atoms with E-state index < -0.39 is 0 Å². The first kappa shape index (κ1) is 15.3. The summed E-state index contributed by atoms with van der Waals surface area (Å²) in [5.41, 5.74) is 2.95. The monoisotopic (exact) mass is 279 g/mol. The number of likely N-dealkylation sites (N-methyl/N-ethyl adjacent to an activating group) is 1. The quantitative estimate of drug-likeness (QED) is 0.914. The molecule has 2 unspecified atom stereocenters. The third kappa shape index (κ3) is 2.96. The Balaban J connectivity index is 2.33. The summed E-state index contributed by atoms with van der Waals surface area (Å²) in [5, 5.41) is 3.22. The molecule has 1 fully saturated rings. The van der Waals surface area contributed by atoms with Gasteiger partial charge < -0.3 is 15.1 Å². The largest absolute Gasteiger partial charge is 0.370 e. The van der Waals surface area contributed by atoms with E-state index in [1.165, 1.54) is 5.69 Å². The molecule has 0 saturated carbocycles. The van der Waals surface area contributed by atoms with Crippen LogP contribution in [0, 0.1) is 12.7 Å². The lowest BCUT2D eigenvalue weighted by molar-refractivity contribution is 0.315. The summed E-state index contributed by atoms with van der Waals surface area (Å²) in [7, 11) is 6.17. The van der Waals surface area contributed by atoms with Crippen LogP contribution in [-0.4, -0.2) is 45.2 Å². The molecule has 4 heteroatoms. The lowest BCUT2D eigenvalue weighted by atomic mass is 10.0. The van der Waals surface area contributed by atoms with E-state index in [1.54, 1.807) is 6.07 Å². The third-order valence-electron chi connectivity index (χ3n) is 4.44. The summed E-state index contributed by atoms with van der Waals surface area (Å²) in [5.74, 6) is -0.116. The molecule has 1 aromatic carbocycles. The number of hydrogen-bond acceptors (Lipinski definition) is 3. The summed E-state index contributed by atoms with van der Waals surface area (Å²) < 4.78 is 13.9. The van der Waals surface area contributed by atoms with E-state index in [2.05, 4.69) is 36.1 Å². The zero-order chi connectivity index (χ0) is 14.9. The number of hydrogen-bond donors (Lipinski definition) is 1. The second kappa shape index (κ2) is 6.10. The minimum atomic E-state index is -0.116. The summed E-state index contributed by atoms with van der Waals surface area (Å²) in [6, 6.07) is 4.42. The normalized spacial score (nSPS) is 20.8. The van der Waals surface area contributed by atoms with Crippen LogP contribution in [0.3, 0.4) is 0 Å². The van der Waals surface area contributed by atoms with Gasteiger partial charge in [0.25, 0.3) is 0 Å². The fourth-order valence-electron chi connectivity index (χ4n) is 2.84. The maximum Gasteiger partial charge on any atom is 0.126 e. The predicted octanol–water partition coefficient (Wildman–Crippen LogP) is 2.55. The van der Waals surface area contributed by atoms with Gasteiger partial charge in [-0.1, -0.05) is 0 Å². The van der Waals surface area contributed by atoms with Gasteiger partial charge in [-0.15, -0.1) is 0 Å². The van der Waals surface area contributed by atoms with Crippen molar-refractivity contribution in [3.05, 3.63) is 29.1 Å². The first-order chi connectivity index (χ1) is 9.43. The van der Waals surface area contributed by atoms with Crippen molar-refractivity contribution in [2.24, 2.45) is 0 Å². The molecular weight excluding hydrogens is 253 g/mol. The highest BCUT2D eigenvalue weighted by atomic mass is 19.1. The van der Waals surface area contributed by atoms with E-state index in [-0.39, 0.29) is 11.9 Å². The second-order valence-electron chi connectivity index (χ2n) is 6.02. The predicted molar refractivity (Wildman–Crippen MR) is 82.9 cm³/mol. The number of benzene rings is 1. The number of anilines is 1. The lowest BCUT2D eigenvalue weighted by Gasteiger charge is -2.26. The van der Waals surface area contributed by atoms with E-state index in [0.717, 1.165) is 30.6 Å². The van der Waals surface area contributed by atoms with Crippen LogP contribution in [0.5, 0.6) is 0 Å².